The van der Waals surface area contributed by atoms with Crippen LogP contribution in [0.1, 0.15) is 60.9 Å². The molecule has 3 aliphatic rings. The number of fused-ring (bicyclic) bond motifs is 1. The van der Waals surface area contributed by atoms with Crippen LogP contribution in [0.2, 0.25) is 0 Å². The number of carboxylic acid groups (broad SMARTS) is 1. The summed E-state index contributed by atoms with van der Waals surface area (Å²) in [5.41, 5.74) is 4.30. The van der Waals surface area contributed by atoms with E-state index in [0.717, 1.165) is 37.2 Å². The fraction of sp³-hybridized carbons (Fsp3) is 0.412. The summed E-state index contributed by atoms with van der Waals surface area (Å²) in [5, 5.41) is 13.6. The van der Waals surface area contributed by atoms with Crippen molar-refractivity contribution in [1.29, 1.82) is 0 Å². The summed E-state index contributed by atoms with van der Waals surface area (Å²) in [6.45, 7) is 5.75. The van der Waals surface area contributed by atoms with Crippen molar-refractivity contribution in [2.75, 3.05) is 43.2 Å². The molecule has 232 valence electrons. The number of hydrogen-bond acceptors (Lipinski definition) is 6. The molecule has 3 atom stereocenters. The van der Waals surface area contributed by atoms with E-state index in [1.54, 1.807) is 6.07 Å². The molecule has 3 aliphatic heterocycles. The number of nitrogens with one attached hydrogen (secondary N) is 1. The average Bonchev–Trinajstić information content (AvgIpc) is 3.78. The highest BCUT2D eigenvalue weighted by Gasteiger charge is 2.48. The lowest BCUT2D eigenvalue weighted by Crippen LogP contribution is -2.35. The minimum Gasteiger partial charge on any atom is -0.481 e. The van der Waals surface area contributed by atoms with Gasteiger partial charge in [-0.15, -0.1) is 0 Å². The van der Waals surface area contributed by atoms with E-state index in [1.165, 1.54) is 18.2 Å². The Morgan fingerprint density at radius 2 is 1.64 bits per heavy atom. The van der Waals surface area contributed by atoms with Crippen LogP contribution in [0.15, 0.2) is 48.5 Å². The van der Waals surface area contributed by atoms with Crippen molar-refractivity contribution in [1.82, 2.24) is 4.90 Å². The molecule has 1 amide bonds. The predicted molar refractivity (Wildman–Crippen MR) is 162 cm³/mol. The van der Waals surface area contributed by atoms with Gasteiger partial charge in [0.15, 0.2) is 11.6 Å². The van der Waals surface area contributed by atoms with Gasteiger partial charge in [0.2, 0.25) is 18.4 Å². The van der Waals surface area contributed by atoms with Crippen LogP contribution in [0.25, 0.3) is 0 Å². The second-order valence-corrected chi connectivity index (χ2v) is 11.7. The number of ether oxygens (including phenoxy) is 2. The van der Waals surface area contributed by atoms with E-state index < -0.39 is 29.7 Å². The number of carbonyl (C=O) groups is 2. The molecule has 3 heterocycles. The Bertz CT molecular complexity index is 1530. The molecule has 3 aromatic carbocycles. The van der Waals surface area contributed by atoms with Crippen LogP contribution in [0.5, 0.6) is 11.5 Å². The first-order valence-electron chi connectivity index (χ1n) is 15.3. The van der Waals surface area contributed by atoms with Gasteiger partial charge in [-0.3, -0.25) is 14.5 Å². The van der Waals surface area contributed by atoms with E-state index in [2.05, 4.69) is 10.2 Å². The Balaban J connectivity index is 1.35. The number of carboxylic acids is 1. The maximum absolute atomic E-state index is 15.0. The monoisotopic (exact) mass is 605 g/mol. The SMILES string of the molecule is CCc1cc(F)cc(CC)c1NC(=O)CN1C[C@H](c2cc(F)c3c(c2)OCO3)C(C(=O)O)[C@@H]1c1ccc(N2CCCC2)cc1. The third kappa shape index (κ3) is 5.70. The zero-order valence-corrected chi connectivity index (χ0v) is 24.9. The molecule has 0 radical (unpaired) electrons. The second kappa shape index (κ2) is 12.4. The van der Waals surface area contributed by atoms with Gasteiger partial charge < -0.3 is 24.8 Å². The van der Waals surface area contributed by atoms with Gasteiger partial charge in [-0.2, -0.15) is 0 Å². The van der Waals surface area contributed by atoms with Crippen molar-refractivity contribution < 1.29 is 33.0 Å². The summed E-state index contributed by atoms with van der Waals surface area (Å²) in [7, 11) is 0. The van der Waals surface area contributed by atoms with E-state index in [1.807, 2.05) is 43.0 Å². The van der Waals surface area contributed by atoms with E-state index >= 15 is 4.39 Å². The summed E-state index contributed by atoms with van der Waals surface area (Å²) >= 11 is 0. The molecular weight excluding hydrogens is 568 g/mol. The molecular formula is C34H37F2N3O5. The number of aliphatic carboxylic acids is 1. The van der Waals surface area contributed by atoms with Gasteiger partial charge in [0.1, 0.15) is 5.82 Å². The Labute approximate surface area is 255 Å². The quantitative estimate of drug-likeness (QED) is 0.314. The Kier molecular flexibility index (Phi) is 8.44. The van der Waals surface area contributed by atoms with E-state index in [4.69, 9.17) is 9.47 Å². The summed E-state index contributed by atoms with van der Waals surface area (Å²) in [6, 6.07) is 13.0. The summed E-state index contributed by atoms with van der Waals surface area (Å²) < 4.78 is 39.9. The summed E-state index contributed by atoms with van der Waals surface area (Å²) in [5.74, 6) is -3.68. The van der Waals surface area contributed by atoms with Crippen LogP contribution in [-0.4, -0.2) is 54.9 Å². The molecule has 0 bridgehead atoms. The summed E-state index contributed by atoms with van der Waals surface area (Å²) in [6.07, 6.45) is 3.34. The van der Waals surface area contributed by atoms with Gasteiger partial charge >= 0.3 is 5.97 Å². The number of amides is 1. The average molecular weight is 606 g/mol. The van der Waals surface area contributed by atoms with Crippen LogP contribution < -0.4 is 19.7 Å². The molecule has 0 aliphatic carbocycles. The first-order valence-corrected chi connectivity index (χ1v) is 15.3. The van der Waals surface area contributed by atoms with Gasteiger partial charge in [-0.05, 0) is 84.3 Å². The first kappa shape index (κ1) is 29.9. The van der Waals surface area contributed by atoms with Gasteiger partial charge in [-0.1, -0.05) is 26.0 Å². The van der Waals surface area contributed by atoms with Crippen molar-refractivity contribution in [3.8, 4) is 11.5 Å². The summed E-state index contributed by atoms with van der Waals surface area (Å²) in [4.78, 5) is 30.7. The number of anilines is 2. The van der Waals surface area contributed by atoms with Crippen LogP contribution in [0.3, 0.4) is 0 Å². The minimum atomic E-state index is -1.04. The largest absolute Gasteiger partial charge is 0.481 e. The number of halogens is 2. The van der Waals surface area contributed by atoms with E-state index in [-0.39, 0.29) is 43.1 Å². The number of aryl methyl sites for hydroxylation is 2. The van der Waals surface area contributed by atoms with Crippen LogP contribution >= 0.6 is 0 Å². The topological polar surface area (TPSA) is 91.3 Å². The zero-order valence-electron chi connectivity index (χ0n) is 24.9. The Morgan fingerprint density at radius 3 is 2.27 bits per heavy atom. The lowest BCUT2D eigenvalue weighted by molar-refractivity contribution is -0.143. The highest BCUT2D eigenvalue weighted by molar-refractivity contribution is 5.94. The normalized spacial score (nSPS) is 21.2. The predicted octanol–water partition coefficient (Wildman–Crippen LogP) is 5.90. The third-order valence-electron chi connectivity index (χ3n) is 9.11. The molecule has 2 saturated heterocycles. The van der Waals surface area contributed by atoms with Gasteiger partial charge in [0.25, 0.3) is 0 Å². The Hall–Kier alpha value is -4.18. The number of nitrogens with zero attached hydrogens (tertiary/aromatic N) is 2. The van der Waals surface area contributed by atoms with Crippen molar-refractivity contribution in [3.63, 3.8) is 0 Å². The fourth-order valence-electron chi connectivity index (χ4n) is 6.99. The molecule has 2 fully saturated rings. The smallest absolute Gasteiger partial charge is 0.309 e. The van der Waals surface area contributed by atoms with Gasteiger partial charge in [-0.25, -0.2) is 8.78 Å². The Morgan fingerprint density at radius 1 is 0.955 bits per heavy atom. The molecule has 1 unspecified atom stereocenters. The highest BCUT2D eigenvalue weighted by atomic mass is 19.1. The van der Waals surface area contributed by atoms with Crippen molar-refractivity contribution in [3.05, 3.63) is 82.4 Å². The number of carbonyl (C=O) groups excluding carboxylic acids is 1. The molecule has 8 nitrogen and oxygen atoms in total. The second-order valence-electron chi connectivity index (χ2n) is 11.7. The molecule has 0 aromatic heterocycles. The molecule has 10 heteroatoms. The molecule has 0 spiro atoms. The number of hydrogen-bond donors (Lipinski definition) is 2. The minimum absolute atomic E-state index is 0.0154. The van der Waals surface area contributed by atoms with Crippen molar-refractivity contribution in [2.45, 2.75) is 51.5 Å². The zero-order chi connectivity index (χ0) is 31.0. The van der Waals surface area contributed by atoms with E-state index in [0.29, 0.717) is 35.2 Å². The molecule has 0 saturated carbocycles. The molecule has 2 N–H and O–H groups in total. The first-order chi connectivity index (χ1) is 21.3. The lowest BCUT2D eigenvalue weighted by Gasteiger charge is -2.28. The fourth-order valence-corrected chi connectivity index (χ4v) is 6.99. The number of benzene rings is 3. The van der Waals surface area contributed by atoms with Crippen LogP contribution in [0.4, 0.5) is 20.2 Å². The van der Waals surface area contributed by atoms with E-state index in [9.17, 15) is 19.1 Å². The third-order valence-corrected chi connectivity index (χ3v) is 9.11. The number of rotatable bonds is 9. The van der Waals surface area contributed by atoms with Crippen molar-refractivity contribution >= 4 is 23.3 Å². The lowest BCUT2D eigenvalue weighted by atomic mass is 9.82. The highest BCUT2D eigenvalue weighted by Crippen LogP contribution is 2.48. The van der Waals surface area contributed by atoms with Gasteiger partial charge in [0, 0.05) is 43.0 Å². The maximum Gasteiger partial charge on any atom is 0.309 e. The van der Waals surface area contributed by atoms with Crippen LogP contribution in [0, 0.1) is 17.6 Å². The molecule has 44 heavy (non-hydrogen) atoms. The van der Waals surface area contributed by atoms with Crippen molar-refractivity contribution in [2.24, 2.45) is 5.92 Å². The maximum atomic E-state index is 15.0. The molecule has 3 aromatic rings. The standard InChI is InChI=1S/C34H37F2N3O5/c1-3-20-13-24(35)14-21(4-2)31(20)37-29(40)18-39-17-26(23-15-27(36)33-28(16-23)43-19-44-33)30(34(41)42)32(39)22-7-9-25(10-8-22)38-11-5-6-12-38/h7-10,13-16,26,30,32H,3-6,11-12,17-19H2,1-2H3,(H,37,40)(H,41,42)/t26-,30?,32+/m1/s1. The number of likely N-dealkylation sites (tertiary alicyclic amines) is 1. The molecule has 6 rings (SSSR count). The van der Waals surface area contributed by atoms with Crippen LogP contribution in [-0.2, 0) is 22.4 Å². The van der Waals surface area contributed by atoms with Gasteiger partial charge in [0.05, 0.1) is 12.5 Å².